The Bertz CT molecular complexity index is 1480. The number of rotatable bonds is 8. The summed E-state index contributed by atoms with van der Waals surface area (Å²) in [5.74, 6) is 0.637. The van der Waals surface area contributed by atoms with Gasteiger partial charge in [-0.1, -0.05) is 41.7 Å². The lowest BCUT2D eigenvalue weighted by Gasteiger charge is -2.22. The number of carbonyl (C=O) groups is 1. The van der Waals surface area contributed by atoms with E-state index in [1.807, 2.05) is 85.0 Å². The molecule has 0 N–H and O–H groups in total. The topological polar surface area (TPSA) is 58.6 Å². The lowest BCUT2D eigenvalue weighted by Crippen LogP contribution is -2.33. The zero-order chi connectivity index (χ0) is 24.4. The van der Waals surface area contributed by atoms with Crippen LogP contribution in [0.2, 0.25) is 0 Å². The number of carbonyl (C=O) groups excluding carboxylic acids is 1. The predicted octanol–water partition coefficient (Wildman–Crippen LogP) is 6.18. The SMILES string of the molecule is COc1cccc2sc(N(CCCN(C)C)C(=O)c3cc(-c4cccs4)nc4ccccc34)nc12. The average Bonchev–Trinajstić information content (AvgIpc) is 3.55. The van der Waals surface area contributed by atoms with Crippen molar-refractivity contribution >= 4 is 54.8 Å². The van der Waals surface area contributed by atoms with E-state index in [2.05, 4.69) is 4.90 Å². The zero-order valence-electron chi connectivity index (χ0n) is 19.9. The predicted molar refractivity (Wildman–Crippen MR) is 146 cm³/mol. The molecule has 178 valence electrons. The molecule has 3 heterocycles. The van der Waals surface area contributed by atoms with Gasteiger partial charge in [-0.25, -0.2) is 9.97 Å². The Morgan fingerprint density at radius 3 is 2.63 bits per heavy atom. The molecule has 3 aromatic heterocycles. The smallest absolute Gasteiger partial charge is 0.260 e. The van der Waals surface area contributed by atoms with Gasteiger partial charge in [-0.15, -0.1) is 11.3 Å². The molecule has 0 fully saturated rings. The molecule has 0 saturated heterocycles. The summed E-state index contributed by atoms with van der Waals surface area (Å²) in [6, 6.07) is 19.6. The van der Waals surface area contributed by atoms with Gasteiger partial charge in [-0.2, -0.15) is 0 Å². The summed E-state index contributed by atoms with van der Waals surface area (Å²) in [6.07, 6.45) is 0.826. The molecule has 0 aliphatic heterocycles. The van der Waals surface area contributed by atoms with Crippen LogP contribution in [-0.2, 0) is 0 Å². The summed E-state index contributed by atoms with van der Waals surface area (Å²) < 4.78 is 6.51. The molecule has 0 aliphatic rings. The van der Waals surface area contributed by atoms with Gasteiger partial charge in [0, 0.05) is 11.9 Å². The van der Waals surface area contributed by atoms with E-state index < -0.39 is 0 Å². The summed E-state index contributed by atoms with van der Waals surface area (Å²) in [5, 5.41) is 3.54. The standard InChI is InChI=1S/C27H26N4O2S2/c1-30(2)14-8-15-31(27-29-25-22(33-3)11-6-12-24(25)35-27)26(32)19-17-21(23-13-7-16-34-23)28-20-10-5-4-9-18(19)20/h4-7,9-13,16-17H,8,14-15H2,1-3H3. The molecule has 2 aromatic carbocycles. The number of benzene rings is 2. The monoisotopic (exact) mass is 502 g/mol. The van der Waals surface area contributed by atoms with Gasteiger partial charge in [-0.3, -0.25) is 9.69 Å². The first-order valence-electron chi connectivity index (χ1n) is 11.4. The van der Waals surface area contributed by atoms with Crippen LogP contribution in [-0.4, -0.2) is 55.1 Å². The number of anilines is 1. The quantitative estimate of drug-likeness (QED) is 0.254. The Kier molecular flexibility index (Phi) is 6.77. The van der Waals surface area contributed by atoms with Crippen LogP contribution in [0.15, 0.2) is 66.0 Å². The van der Waals surface area contributed by atoms with Gasteiger partial charge < -0.3 is 9.64 Å². The minimum absolute atomic E-state index is 0.0711. The highest BCUT2D eigenvalue weighted by atomic mass is 32.1. The van der Waals surface area contributed by atoms with Crippen molar-refractivity contribution in [1.29, 1.82) is 0 Å². The fourth-order valence-electron chi connectivity index (χ4n) is 4.07. The Hall–Kier alpha value is -3.33. The number of para-hydroxylation sites is 2. The number of methoxy groups -OCH3 is 1. The molecular formula is C27H26N4O2S2. The van der Waals surface area contributed by atoms with E-state index in [0.29, 0.717) is 23.0 Å². The molecule has 5 aromatic rings. The van der Waals surface area contributed by atoms with Crippen molar-refractivity contribution in [2.75, 3.05) is 39.2 Å². The van der Waals surface area contributed by atoms with E-state index in [9.17, 15) is 4.79 Å². The van der Waals surface area contributed by atoms with E-state index in [1.165, 1.54) is 11.3 Å². The van der Waals surface area contributed by atoms with E-state index in [-0.39, 0.29) is 5.91 Å². The molecule has 0 spiro atoms. The van der Waals surface area contributed by atoms with Crippen LogP contribution in [0.5, 0.6) is 5.75 Å². The number of nitrogens with zero attached hydrogens (tertiary/aromatic N) is 4. The maximum absolute atomic E-state index is 14.2. The van der Waals surface area contributed by atoms with Crippen LogP contribution in [0.3, 0.4) is 0 Å². The first-order valence-corrected chi connectivity index (χ1v) is 13.1. The second-order valence-corrected chi connectivity index (χ2v) is 10.4. The summed E-state index contributed by atoms with van der Waals surface area (Å²) >= 11 is 3.13. The van der Waals surface area contributed by atoms with Gasteiger partial charge in [0.05, 0.1) is 33.5 Å². The number of aromatic nitrogens is 2. The molecule has 0 atom stereocenters. The normalized spacial score (nSPS) is 11.4. The highest BCUT2D eigenvalue weighted by molar-refractivity contribution is 7.22. The fraction of sp³-hybridized carbons (Fsp3) is 0.222. The number of fused-ring (bicyclic) bond motifs is 2. The van der Waals surface area contributed by atoms with E-state index in [1.54, 1.807) is 18.4 Å². The number of ether oxygens (including phenoxy) is 1. The van der Waals surface area contributed by atoms with Crippen molar-refractivity contribution in [3.8, 4) is 16.3 Å². The fourth-order valence-corrected chi connectivity index (χ4v) is 5.76. The zero-order valence-corrected chi connectivity index (χ0v) is 21.5. The summed E-state index contributed by atoms with van der Waals surface area (Å²) in [5.41, 5.74) is 3.02. The molecule has 0 bridgehead atoms. The van der Waals surface area contributed by atoms with Crippen molar-refractivity contribution in [1.82, 2.24) is 14.9 Å². The van der Waals surface area contributed by atoms with Gasteiger partial charge >= 0.3 is 0 Å². The maximum Gasteiger partial charge on any atom is 0.260 e. The third kappa shape index (κ3) is 4.77. The summed E-state index contributed by atoms with van der Waals surface area (Å²) in [4.78, 5) is 28.9. The highest BCUT2D eigenvalue weighted by Gasteiger charge is 2.25. The van der Waals surface area contributed by atoms with Crippen LogP contribution in [0.25, 0.3) is 31.7 Å². The van der Waals surface area contributed by atoms with E-state index >= 15 is 0 Å². The van der Waals surface area contributed by atoms with Gasteiger partial charge in [0.1, 0.15) is 11.3 Å². The Morgan fingerprint density at radius 1 is 1.00 bits per heavy atom. The van der Waals surface area contributed by atoms with Crippen molar-refractivity contribution in [2.24, 2.45) is 0 Å². The largest absolute Gasteiger partial charge is 0.494 e. The number of pyridine rings is 1. The van der Waals surface area contributed by atoms with Gasteiger partial charge in [0.25, 0.3) is 5.91 Å². The van der Waals surface area contributed by atoms with Crippen LogP contribution >= 0.6 is 22.7 Å². The third-order valence-corrected chi connectivity index (χ3v) is 7.71. The molecule has 6 nitrogen and oxygen atoms in total. The number of amides is 1. The third-order valence-electron chi connectivity index (χ3n) is 5.77. The molecule has 0 radical (unpaired) electrons. The summed E-state index contributed by atoms with van der Waals surface area (Å²) in [6.45, 7) is 1.43. The minimum Gasteiger partial charge on any atom is -0.494 e. The van der Waals surface area contributed by atoms with Crippen LogP contribution in [0, 0.1) is 0 Å². The Morgan fingerprint density at radius 2 is 1.86 bits per heavy atom. The Labute approximate surface area is 212 Å². The molecule has 0 unspecified atom stereocenters. The second-order valence-electron chi connectivity index (χ2n) is 8.47. The van der Waals surface area contributed by atoms with E-state index in [0.717, 1.165) is 44.7 Å². The maximum atomic E-state index is 14.2. The van der Waals surface area contributed by atoms with E-state index in [4.69, 9.17) is 14.7 Å². The average molecular weight is 503 g/mol. The van der Waals surface area contributed by atoms with Crippen molar-refractivity contribution in [3.63, 3.8) is 0 Å². The molecule has 8 heteroatoms. The van der Waals surface area contributed by atoms with Crippen LogP contribution in [0.1, 0.15) is 16.8 Å². The van der Waals surface area contributed by atoms with Gasteiger partial charge in [0.2, 0.25) is 0 Å². The Balaban J connectivity index is 1.62. The van der Waals surface area contributed by atoms with Crippen LogP contribution in [0.4, 0.5) is 5.13 Å². The number of hydrogen-bond donors (Lipinski definition) is 0. The number of thiazole rings is 1. The van der Waals surface area contributed by atoms with Gasteiger partial charge in [0.15, 0.2) is 5.13 Å². The van der Waals surface area contributed by atoms with Gasteiger partial charge in [-0.05, 0) is 62.8 Å². The molecular weight excluding hydrogens is 476 g/mol. The first-order chi connectivity index (χ1) is 17.0. The molecule has 35 heavy (non-hydrogen) atoms. The highest BCUT2D eigenvalue weighted by Crippen LogP contribution is 2.36. The molecule has 1 amide bonds. The molecule has 0 saturated carbocycles. The van der Waals surface area contributed by atoms with Crippen molar-refractivity contribution in [3.05, 3.63) is 71.6 Å². The number of thiophene rings is 1. The second kappa shape index (κ2) is 10.1. The lowest BCUT2D eigenvalue weighted by molar-refractivity contribution is 0.0987. The van der Waals surface area contributed by atoms with Crippen molar-refractivity contribution in [2.45, 2.75) is 6.42 Å². The number of hydrogen-bond acceptors (Lipinski definition) is 7. The van der Waals surface area contributed by atoms with Crippen molar-refractivity contribution < 1.29 is 9.53 Å². The lowest BCUT2D eigenvalue weighted by atomic mass is 10.1. The molecule has 0 aliphatic carbocycles. The summed E-state index contributed by atoms with van der Waals surface area (Å²) in [7, 11) is 5.72. The first kappa shape index (κ1) is 23.4. The van der Waals surface area contributed by atoms with Crippen LogP contribution < -0.4 is 9.64 Å². The minimum atomic E-state index is -0.0711. The molecule has 5 rings (SSSR count).